The van der Waals surface area contributed by atoms with Crippen molar-refractivity contribution in [3.8, 4) is 16.9 Å². The van der Waals surface area contributed by atoms with Gasteiger partial charge in [0.2, 0.25) is 17.8 Å². The second kappa shape index (κ2) is 9.47. The van der Waals surface area contributed by atoms with Crippen molar-refractivity contribution < 1.29 is 23.5 Å². The Hall–Kier alpha value is -3.61. The summed E-state index contributed by atoms with van der Waals surface area (Å²) in [5.74, 6) is -2.19. The van der Waals surface area contributed by atoms with Crippen molar-refractivity contribution in [2.75, 3.05) is 11.9 Å². The zero-order valence-electron chi connectivity index (χ0n) is 17.2. The number of benzene rings is 2. The summed E-state index contributed by atoms with van der Waals surface area (Å²) in [6.07, 6.45) is 0.472. The highest BCUT2D eigenvalue weighted by atomic mass is 19.1. The van der Waals surface area contributed by atoms with Crippen LogP contribution < -0.4 is 4.90 Å². The minimum absolute atomic E-state index is 0.00446. The zero-order chi connectivity index (χ0) is 22.5. The first-order valence-corrected chi connectivity index (χ1v) is 9.84. The summed E-state index contributed by atoms with van der Waals surface area (Å²) < 4.78 is 26.5. The molecule has 1 N–H and O–H groups in total. The number of Topliss-reactive ketones (excluding diaryl/α,β-unsaturated/α-hetero) is 1. The summed E-state index contributed by atoms with van der Waals surface area (Å²) in [6, 6.07) is 14.1. The van der Waals surface area contributed by atoms with Crippen molar-refractivity contribution in [1.82, 2.24) is 4.98 Å². The van der Waals surface area contributed by atoms with E-state index in [4.69, 9.17) is 0 Å². The molecular weight excluding hydrogens is 402 g/mol. The van der Waals surface area contributed by atoms with Crippen LogP contribution in [0.4, 0.5) is 14.5 Å². The lowest BCUT2D eigenvalue weighted by Gasteiger charge is -2.17. The SMILES string of the molecule is CCC(=O)N(C)c1ccc(-c2ccc(C(=O)CCc3ccc(F)nc3F)cc2O)cc1. The number of rotatable bonds is 7. The summed E-state index contributed by atoms with van der Waals surface area (Å²) in [5.41, 5.74) is 2.46. The number of phenols is 1. The molecule has 3 aromatic rings. The van der Waals surface area contributed by atoms with Gasteiger partial charge in [0.25, 0.3) is 0 Å². The van der Waals surface area contributed by atoms with E-state index < -0.39 is 11.9 Å². The molecule has 0 saturated carbocycles. The summed E-state index contributed by atoms with van der Waals surface area (Å²) in [6.45, 7) is 1.79. The van der Waals surface area contributed by atoms with E-state index in [9.17, 15) is 23.5 Å². The molecular formula is C24H22F2N2O3. The fraction of sp³-hybridized carbons (Fsp3) is 0.208. The predicted octanol–water partition coefficient (Wildman–Crippen LogP) is 4.92. The van der Waals surface area contributed by atoms with Crippen LogP contribution in [-0.4, -0.2) is 28.8 Å². The van der Waals surface area contributed by atoms with Gasteiger partial charge in [0, 0.05) is 42.3 Å². The van der Waals surface area contributed by atoms with Gasteiger partial charge >= 0.3 is 0 Å². The molecule has 0 unspecified atom stereocenters. The molecule has 0 aliphatic heterocycles. The van der Waals surface area contributed by atoms with Crippen LogP contribution in [0.5, 0.6) is 5.75 Å². The molecule has 0 bridgehead atoms. The molecule has 0 aliphatic carbocycles. The molecule has 1 amide bonds. The Morgan fingerprint density at radius 2 is 1.74 bits per heavy atom. The number of halogens is 2. The number of pyridine rings is 1. The standard InChI is InChI=1S/C24H22F2N2O3/c1-3-23(31)28(2)18-9-4-15(5-10-18)19-11-6-17(14-21(19)30)20(29)12-7-16-8-13-22(25)27-24(16)26/h4-6,8-11,13-14,30H,3,7,12H2,1-2H3. The number of nitrogens with zero attached hydrogens (tertiary/aromatic N) is 2. The monoisotopic (exact) mass is 424 g/mol. The van der Waals surface area contributed by atoms with Crippen molar-refractivity contribution in [2.45, 2.75) is 26.2 Å². The number of ketones is 1. The average molecular weight is 424 g/mol. The molecule has 2 aromatic carbocycles. The Morgan fingerprint density at radius 3 is 2.35 bits per heavy atom. The maximum atomic E-state index is 13.6. The third-order valence-corrected chi connectivity index (χ3v) is 5.08. The van der Waals surface area contributed by atoms with E-state index in [-0.39, 0.29) is 35.8 Å². The predicted molar refractivity (Wildman–Crippen MR) is 114 cm³/mol. The van der Waals surface area contributed by atoms with Gasteiger partial charge in [0.15, 0.2) is 5.78 Å². The molecule has 1 aromatic heterocycles. The summed E-state index contributed by atoms with van der Waals surface area (Å²) in [5, 5.41) is 10.4. The second-order valence-corrected chi connectivity index (χ2v) is 7.09. The van der Waals surface area contributed by atoms with E-state index >= 15 is 0 Å². The maximum Gasteiger partial charge on any atom is 0.226 e. The fourth-order valence-electron chi connectivity index (χ4n) is 3.21. The number of carbonyl (C=O) groups excluding carboxylic acids is 2. The number of aromatic nitrogens is 1. The van der Waals surface area contributed by atoms with Gasteiger partial charge in [-0.25, -0.2) is 0 Å². The molecule has 0 fully saturated rings. The maximum absolute atomic E-state index is 13.6. The minimum Gasteiger partial charge on any atom is -0.507 e. The molecule has 3 rings (SSSR count). The molecule has 0 saturated heterocycles. The first-order chi connectivity index (χ1) is 14.8. The largest absolute Gasteiger partial charge is 0.507 e. The molecule has 5 nitrogen and oxygen atoms in total. The van der Waals surface area contributed by atoms with Crippen LogP contribution in [0.25, 0.3) is 11.1 Å². The van der Waals surface area contributed by atoms with Gasteiger partial charge in [-0.2, -0.15) is 13.8 Å². The van der Waals surface area contributed by atoms with E-state index in [2.05, 4.69) is 4.98 Å². The summed E-state index contributed by atoms with van der Waals surface area (Å²) in [4.78, 5) is 28.9. The zero-order valence-corrected chi connectivity index (χ0v) is 17.2. The van der Waals surface area contributed by atoms with Crippen molar-refractivity contribution in [1.29, 1.82) is 0 Å². The molecule has 0 atom stereocenters. The number of amides is 1. The Bertz CT molecular complexity index is 1110. The third-order valence-electron chi connectivity index (χ3n) is 5.08. The molecule has 1 heterocycles. The normalized spacial score (nSPS) is 10.7. The van der Waals surface area contributed by atoms with E-state index in [1.165, 1.54) is 12.1 Å². The first-order valence-electron chi connectivity index (χ1n) is 9.84. The molecule has 0 aliphatic rings. The van der Waals surface area contributed by atoms with E-state index in [0.717, 1.165) is 17.3 Å². The third kappa shape index (κ3) is 5.12. The fourth-order valence-corrected chi connectivity index (χ4v) is 3.21. The highest BCUT2D eigenvalue weighted by Crippen LogP contribution is 2.31. The van der Waals surface area contributed by atoms with E-state index in [0.29, 0.717) is 17.5 Å². The quantitative estimate of drug-likeness (QED) is 0.432. The Labute approximate surface area is 179 Å². The number of hydrogen-bond donors (Lipinski definition) is 1. The lowest BCUT2D eigenvalue weighted by atomic mass is 9.98. The topological polar surface area (TPSA) is 70.5 Å². The number of anilines is 1. The molecule has 0 spiro atoms. The summed E-state index contributed by atoms with van der Waals surface area (Å²) >= 11 is 0. The van der Waals surface area contributed by atoms with Crippen LogP contribution in [-0.2, 0) is 11.2 Å². The van der Waals surface area contributed by atoms with Crippen LogP contribution in [0.3, 0.4) is 0 Å². The van der Waals surface area contributed by atoms with Crippen molar-refractivity contribution in [3.05, 3.63) is 77.6 Å². The van der Waals surface area contributed by atoms with E-state index in [1.807, 2.05) is 0 Å². The van der Waals surface area contributed by atoms with Gasteiger partial charge in [-0.1, -0.05) is 25.1 Å². The van der Waals surface area contributed by atoms with Crippen LogP contribution in [0.1, 0.15) is 35.7 Å². The Balaban J connectivity index is 1.72. The second-order valence-electron chi connectivity index (χ2n) is 7.09. The van der Waals surface area contributed by atoms with E-state index in [1.54, 1.807) is 55.3 Å². The molecule has 160 valence electrons. The Kier molecular flexibility index (Phi) is 6.74. The number of aryl methyl sites for hydroxylation is 1. The number of carbonyl (C=O) groups is 2. The van der Waals surface area contributed by atoms with Crippen molar-refractivity contribution in [3.63, 3.8) is 0 Å². The molecule has 7 heteroatoms. The average Bonchev–Trinajstić information content (AvgIpc) is 2.77. The van der Waals surface area contributed by atoms with Gasteiger partial charge in [-0.3, -0.25) is 9.59 Å². The van der Waals surface area contributed by atoms with Gasteiger partial charge in [0.1, 0.15) is 5.75 Å². The number of hydrogen-bond acceptors (Lipinski definition) is 4. The number of phenolic OH excluding ortho intramolecular Hbond substituents is 1. The van der Waals surface area contributed by atoms with Crippen molar-refractivity contribution in [2.24, 2.45) is 0 Å². The minimum atomic E-state index is -0.930. The van der Waals surface area contributed by atoms with Gasteiger partial charge < -0.3 is 10.0 Å². The molecule has 0 radical (unpaired) electrons. The lowest BCUT2D eigenvalue weighted by Crippen LogP contribution is -2.24. The highest BCUT2D eigenvalue weighted by molar-refractivity contribution is 5.97. The van der Waals surface area contributed by atoms with Gasteiger partial charge in [-0.15, -0.1) is 0 Å². The lowest BCUT2D eigenvalue weighted by molar-refractivity contribution is -0.118. The van der Waals surface area contributed by atoms with Crippen LogP contribution in [0.2, 0.25) is 0 Å². The molecule has 31 heavy (non-hydrogen) atoms. The summed E-state index contributed by atoms with van der Waals surface area (Å²) in [7, 11) is 1.70. The highest BCUT2D eigenvalue weighted by Gasteiger charge is 2.14. The number of aromatic hydroxyl groups is 1. The van der Waals surface area contributed by atoms with Crippen LogP contribution in [0, 0.1) is 11.9 Å². The smallest absolute Gasteiger partial charge is 0.226 e. The van der Waals surface area contributed by atoms with Gasteiger partial charge in [-0.05, 0) is 48.4 Å². The van der Waals surface area contributed by atoms with Crippen LogP contribution >= 0.6 is 0 Å². The van der Waals surface area contributed by atoms with Crippen molar-refractivity contribution >= 4 is 17.4 Å². The Morgan fingerprint density at radius 1 is 1.03 bits per heavy atom. The van der Waals surface area contributed by atoms with Crippen LogP contribution in [0.15, 0.2) is 54.6 Å². The van der Waals surface area contributed by atoms with Gasteiger partial charge in [0.05, 0.1) is 0 Å². The first kappa shape index (κ1) is 22.1.